The fourth-order valence-corrected chi connectivity index (χ4v) is 4.40. The second-order valence-corrected chi connectivity index (χ2v) is 9.03. The first kappa shape index (κ1) is 17.1. The lowest BCUT2D eigenvalue weighted by molar-refractivity contribution is 0.631. The van der Waals surface area contributed by atoms with Crippen molar-refractivity contribution in [2.75, 3.05) is 4.90 Å². The largest absolute Gasteiger partial charge is 0.310 e. The van der Waals surface area contributed by atoms with E-state index in [9.17, 15) is 0 Å². The lowest BCUT2D eigenvalue weighted by atomic mass is 9.73. The molecule has 0 saturated heterocycles. The van der Waals surface area contributed by atoms with E-state index in [0.717, 1.165) is 19.7 Å². The van der Waals surface area contributed by atoms with Crippen molar-refractivity contribution < 1.29 is 0 Å². The first-order chi connectivity index (χ1) is 11.9. The molecule has 0 bridgehead atoms. The van der Waals surface area contributed by atoms with Gasteiger partial charge >= 0.3 is 0 Å². The summed E-state index contributed by atoms with van der Waals surface area (Å²) in [6, 6.07) is 21.0. The van der Waals surface area contributed by atoms with Crippen molar-refractivity contribution >= 4 is 60.5 Å². The minimum absolute atomic E-state index is 0.0961. The lowest BCUT2D eigenvalue weighted by Crippen LogP contribution is -2.30. The number of nitrogens with zero attached hydrogens (tertiary/aromatic N) is 1. The minimum Gasteiger partial charge on any atom is -0.310 e. The maximum absolute atomic E-state index is 6.11. The van der Waals surface area contributed by atoms with Gasteiger partial charge in [-0.1, -0.05) is 57.3 Å². The molecule has 126 valence electrons. The number of benzene rings is 3. The van der Waals surface area contributed by atoms with Crippen LogP contribution in [0.2, 0.25) is 5.02 Å². The van der Waals surface area contributed by atoms with Crippen LogP contribution < -0.4 is 4.90 Å². The van der Waals surface area contributed by atoms with Gasteiger partial charge in [-0.05, 0) is 71.8 Å². The Labute approximate surface area is 169 Å². The van der Waals surface area contributed by atoms with Crippen LogP contribution in [-0.2, 0) is 5.41 Å². The van der Waals surface area contributed by atoms with Gasteiger partial charge in [0.05, 0.1) is 11.4 Å². The molecule has 0 fully saturated rings. The van der Waals surface area contributed by atoms with E-state index in [0.29, 0.717) is 0 Å². The summed E-state index contributed by atoms with van der Waals surface area (Å²) in [4.78, 5) is 2.31. The zero-order valence-electron chi connectivity index (χ0n) is 13.9. The second-order valence-electron chi connectivity index (χ2n) is 6.76. The van der Waals surface area contributed by atoms with E-state index >= 15 is 0 Å². The summed E-state index contributed by atoms with van der Waals surface area (Å²) in [5.74, 6) is 0. The van der Waals surface area contributed by atoms with Gasteiger partial charge in [0.25, 0.3) is 0 Å². The SMILES string of the molecule is CC1(C)c2cc(Br)ccc2N(c2ccc(Cl)cc2)c2ccc(Br)cc21. The Hall–Kier alpha value is -1.29. The van der Waals surface area contributed by atoms with Crippen molar-refractivity contribution in [1.82, 2.24) is 0 Å². The van der Waals surface area contributed by atoms with Crippen LogP contribution in [-0.4, -0.2) is 0 Å². The summed E-state index contributed by atoms with van der Waals surface area (Å²) in [5, 5.41) is 0.744. The molecule has 0 aliphatic carbocycles. The Morgan fingerprint density at radius 1 is 0.760 bits per heavy atom. The van der Waals surface area contributed by atoms with Crippen molar-refractivity contribution in [3.8, 4) is 0 Å². The molecule has 1 heterocycles. The highest BCUT2D eigenvalue weighted by molar-refractivity contribution is 9.10. The molecule has 0 amide bonds. The fraction of sp³-hybridized carbons (Fsp3) is 0.143. The Bertz CT molecular complexity index is 909. The Balaban J connectivity index is 2.04. The highest BCUT2D eigenvalue weighted by Gasteiger charge is 2.37. The van der Waals surface area contributed by atoms with Gasteiger partial charge in [-0.15, -0.1) is 0 Å². The molecule has 0 N–H and O–H groups in total. The predicted octanol–water partition coefficient (Wildman–Crippen LogP) is 7.97. The van der Waals surface area contributed by atoms with Crippen molar-refractivity contribution in [3.05, 3.63) is 85.8 Å². The van der Waals surface area contributed by atoms with Crippen LogP contribution in [0.15, 0.2) is 69.6 Å². The van der Waals surface area contributed by atoms with Crippen LogP contribution in [0.3, 0.4) is 0 Å². The normalized spacial score (nSPS) is 14.8. The maximum Gasteiger partial charge on any atom is 0.0503 e. The number of hydrogen-bond donors (Lipinski definition) is 0. The summed E-state index contributed by atoms with van der Waals surface area (Å²) in [7, 11) is 0. The van der Waals surface area contributed by atoms with E-state index in [1.807, 2.05) is 12.1 Å². The smallest absolute Gasteiger partial charge is 0.0503 e. The van der Waals surface area contributed by atoms with Gasteiger partial charge in [-0.25, -0.2) is 0 Å². The highest BCUT2D eigenvalue weighted by atomic mass is 79.9. The predicted molar refractivity (Wildman–Crippen MR) is 114 cm³/mol. The zero-order chi connectivity index (χ0) is 17.8. The minimum atomic E-state index is -0.0961. The summed E-state index contributed by atoms with van der Waals surface area (Å²) in [6.45, 7) is 4.56. The topological polar surface area (TPSA) is 3.24 Å². The van der Waals surface area contributed by atoms with Crippen LogP contribution in [0.1, 0.15) is 25.0 Å². The molecule has 0 unspecified atom stereocenters. The average molecular weight is 478 g/mol. The molecular formula is C21H16Br2ClN. The summed E-state index contributed by atoms with van der Waals surface area (Å²) < 4.78 is 2.18. The number of rotatable bonds is 1. The first-order valence-electron chi connectivity index (χ1n) is 8.04. The van der Waals surface area contributed by atoms with Gasteiger partial charge in [-0.3, -0.25) is 0 Å². The molecule has 0 aromatic heterocycles. The maximum atomic E-state index is 6.11. The second kappa shape index (κ2) is 6.15. The van der Waals surface area contributed by atoms with Crippen LogP contribution >= 0.6 is 43.5 Å². The standard InChI is InChI=1S/C21H16Br2ClN/c1-21(2)17-11-13(22)3-9-19(17)25(16-7-5-15(24)6-8-16)20-10-4-14(23)12-18(20)21/h3-12H,1-2H3. The zero-order valence-corrected chi connectivity index (χ0v) is 17.8. The van der Waals surface area contributed by atoms with Gasteiger partial charge in [0.2, 0.25) is 0 Å². The Morgan fingerprint density at radius 3 is 1.72 bits per heavy atom. The molecule has 0 radical (unpaired) electrons. The van der Waals surface area contributed by atoms with Crippen molar-refractivity contribution in [3.63, 3.8) is 0 Å². The molecule has 1 aliphatic rings. The lowest BCUT2D eigenvalue weighted by Gasteiger charge is -2.42. The van der Waals surface area contributed by atoms with Crippen LogP contribution in [0.25, 0.3) is 0 Å². The van der Waals surface area contributed by atoms with E-state index in [1.54, 1.807) is 0 Å². The fourth-order valence-electron chi connectivity index (χ4n) is 3.55. The summed E-state index contributed by atoms with van der Waals surface area (Å²) >= 11 is 13.4. The van der Waals surface area contributed by atoms with Gasteiger partial charge < -0.3 is 4.90 Å². The van der Waals surface area contributed by atoms with E-state index in [1.165, 1.54) is 22.5 Å². The van der Waals surface area contributed by atoms with E-state index in [-0.39, 0.29) is 5.41 Å². The first-order valence-corrected chi connectivity index (χ1v) is 10.00. The number of fused-ring (bicyclic) bond motifs is 2. The third-order valence-corrected chi connectivity index (χ3v) is 6.07. The number of hydrogen-bond acceptors (Lipinski definition) is 1. The van der Waals surface area contributed by atoms with E-state index < -0.39 is 0 Å². The molecule has 1 aliphatic heterocycles. The third kappa shape index (κ3) is 2.83. The van der Waals surface area contributed by atoms with Gasteiger partial charge in [0.1, 0.15) is 0 Å². The summed E-state index contributed by atoms with van der Waals surface area (Å²) in [6.07, 6.45) is 0. The Morgan fingerprint density at radius 2 is 1.24 bits per heavy atom. The number of halogens is 3. The molecule has 0 spiro atoms. The highest BCUT2D eigenvalue weighted by Crippen LogP contribution is 2.52. The molecule has 3 aromatic carbocycles. The molecule has 1 nitrogen and oxygen atoms in total. The molecule has 4 heteroatoms. The monoisotopic (exact) mass is 475 g/mol. The van der Waals surface area contributed by atoms with Crippen LogP contribution in [0.4, 0.5) is 17.1 Å². The third-order valence-electron chi connectivity index (χ3n) is 4.83. The quantitative estimate of drug-likeness (QED) is 0.343. The van der Waals surface area contributed by atoms with E-state index in [4.69, 9.17) is 11.6 Å². The van der Waals surface area contributed by atoms with Crippen molar-refractivity contribution in [2.45, 2.75) is 19.3 Å². The van der Waals surface area contributed by atoms with Gasteiger partial charge in [-0.2, -0.15) is 0 Å². The van der Waals surface area contributed by atoms with Gasteiger partial charge in [0, 0.05) is 25.1 Å². The molecule has 3 aromatic rings. The number of anilines is 3. The van der Waals surface area contributed by atoms with Crippen LogP contribution in [0.5, 0.6) is 0 Å². The molecular weight excluding hydrogens is 461 g/mol. The van der Waals surface area contributed by atoms with E-state index in [2.05, 4.69) is 99.1 Å². The van der Waals surface area contributed by atoms with Crippen molar-refractivity contribution in [1.29, 1.82) is 0 Å². The van der Waals surface area contributed by atoms with Gasteiger partial charge in [0.15, 0.2) is 0 Å². The molecule has 0 atom stereocenters. The molecule has 4 rings (SSSR count). The molecule has 0 saturated carbocycles. The summed E-state index contributed by atoms with van der Waals surface area (Å²) in [5.41, 5.74) is 5.99. The van der Waals surface area contributed by atoms with Crippen LogP contribution in [0, 0.1) is 0 Å². The Kier molecular flexibility index (Phi) is 4.22. The van der Waals surface area contributed by atoms with Crippen molar-refractivity contribution in [2.24, 2.45) is 0 Å². The molecule has 25 heavy (non-hydrogen) atoms. The average Bonchev–Trinajstić information content (AvgIpc) is 2.58.